The van der Waals surface area contributed by atoms with E-state index < -0.39 is 0 Å². The molecule has 0 saturated heterocycles. The lowest BCUT2D eigenvalue weighted by Crippen LogP contribution is -2.31. The standard InChI is InChI=1S/C14H21BrOS/c15-11-14(7-2-1-3-8-14)12-16-9-6-13-5-4-10-17-13/h4-5,10H,1-3,6-9,11-12H2. The van der Waals surface area contributed by atoms with Crippen molar-refractivity contribution in [3.63, 3.8) is 0 Å². The Morgan fingerprint density at radius 3 is 2.76 bits per heavy atom. The summed E-state index contributed by atoms with van der Waals surface area (Å²) in [6, 6.07) is 4.30. The van der Waals surface area contributed by atoms with Gasteiger partial charge in [0.25, 0.3) is 0 Å². The molecule has 3 heteroatoms. The van der Waals surface area contributed by atoms with Crippen molar-refractivity contribution >= 4 is 27.3 Å². The third-order valence-electron chi connectivity index (χ3n) is 3.68. The van der Waals surface area contributed by atoms with Crippen LogP contribution in [0.1, 0.15) is 37.0 Å². The summed E-state index contributed by atoms with van der Waals surface area (Å²) in [5, 5.41) is 3.23. The van der Waals surface area contributed by atoms with Gasteiger partial charge in [-0.05, 0) is 24.3 Å². The second-order valence-corrected chi connectivity index (χ2v) is 6.67. The van der Waals surface area contributed by atoms with Crippen LogP contribution in [0.25, 0.3) is 0 Å². The van der Waals surface area contributed by atoms with E-state index in [-0.39, 0.29) is 0 Å². The highest BCUT2D eigenvalue weighted by Crippen LogP contribution is 2.38. The Morgan fingerprint density at radius 2 is 2.12 bits per heavy atom. The van der Waals surface area contributed by atoms with E-state index in [2.05, 4.69) is 33.4 Å². The van der Waals surface area contributed by atoms with Crippen molar-refractivity contribution in [2.75, 3.05) is 18.5 Å². The summed E-state index contributed by atoms with van der Waals surface area (Å²) >= 11 is 5.51. The lowest BCUT2D eigenvalue weighted by molar-refractivity contribution is 0.0366. The number of ether oxygens (including phenoxy) is 1. The summed E-state index contributed by atoms with van der Waals surface area (Å²) in [5.41, 5.74) is 0.424. The van der Waals surface area contributed by atoms with Crippen LogP contribution in [-0.2, 0) is 11.2 Å². The minimum absolute atomic E-state index is 0.424. The highest BCUT2D eigenvalue weighted by molar-refractivity contribution is 9.09. The van der Waals surface area contributed by atoms with Gasteiger partial charge >= 0.3 is 0 Å². The van der Waals surface area contributed by atoms with E-state index in [1.807, 2.05) is 11.3 Å². The third-order valence-corrected chi connectivity index (χ3v) is 5.80. The molecule has 0 bridgehead atoms. The van der Waals surface area contributed by atoms with Gasteiger partial charge in [-0.2, -0.15) is 0 Å². The molecule has 1 nitrogen and oxygen atoms in total. The van der Waals surface area contributed by atoms with E-state index in [1.165, 1.54) is 37.0 Å². The second kappa shape index (κ2) is 6.91. The highest BCUT2D eigenvalue weighted by atomic mass is 79.9. The first-order chi connectivity index (χ1) is 8.35. The number of thiophene rings is 1. The minimum Gasteiger partial charge on any atom is -0.380 e. The van der Waals surface area contributed by atoms with E-state index in [1.54, 1.807) is 0 Å². The normalized spacial score (nSPS) is 19.4. The van der Waals surface area contributed by atoms with Gasteiger partial charge in [0.05, 0.1) is 13.2 Å². The number of hydrogen-bond donors (Lipinski definition) is 0. The molecule has 0 radical (unpaired) electrons. The molecule has 1 saturated carbocycles. The Labute approximate surface area is 117 Å². The van der Waals surface area contributed by atoms with Gasteiger partial charge in [-0.1, -0.05) is 41.3 Å². The fraction of sp³-hybridized carbons (Fsp3) is 0.714. The predicted octanol–water partition coefficient (Wildman–Crippen LogP) is 4.65. The molecule has 0 atom stereocenters. The van der Waals surface area contributed by atoms with Gasteiger partial charge in [0.1, 0.15) is 0 Å². The van der Waals surface area contributed by atoms with Crippen LogP contribution in [0.3, 0.4) is 0 Å². The number of halogens is 1. The first kappa shape index (κ1) is 13.6. The van der Waals surface area contributed by atoms with Crippen LogP contribution < -0.4 is 0 Å². The van der Waals surface area contributed by atoms with E-state index in [9.17, 15) is 0 Å². The van der Waals surface area contributed by atoms with Crippen LogP contribution in [0.15, 0.2) is 17.5 Å². The molecule has 1 aliphatic carbocycles. The molecule has 0 aromatic carbocycles. The summed E-state index contributed by atoms with van der Waals surface area (Å²) < 4.78 is 5.92. The zero-order chi connectivity index (χ0) is 12.0. The van der Waals surface area contributed by atoms with Gasteiger partial charge in [-0.25, -0.2) is 0 Å². The molecule has 0 N–H and O–H groups in total. The molecule has 1 aliphatic rings. The van der Waals surface area contributed by atoms with E-state index >= 15 is 0 Å². The Morgan fingerprint density at radius 1 is 1.29 bits per heavy atom. The van der Waals surface area contributed by atoms with Gasteiger partial charge in [-0.3, -0.25) is 0 Å². The molecule has 0 aliphatic heterocycles. The van der Waals surface area contributed by atoms with Gasteiger partial charge < -0.3 is 4.74 Å². The summed E-state index contributed by atoms with van der Waals surface area (Å²) in [4.78, 5) is 1.43. The summed E-state index contributed by atoms with van der Waals surface area (Å²) in [6.07, 6.45) is 7.88. The lowest BCUT2D eigenvalue weighted by Gasteiger charge is -2.35. The van der Waals surface area contributed by atoms with Crippen LogP contribution in [0.2, 0.25) is 0 Å². The third kappa shape index (κ3) is 4.08. The van der Waals surface area contributed by atoms with Gasteiger partial charge in [-0.15, -0.1) is 11.3 Å². The fourth-order valence-corrected chi connectivity index (χ4v) is 3.95. The number of alkyl halides is 1. The molecule has 96 valence electrons. The molecule has 0 spiro atoms. The number of rotatable bonds is 6. The molecular formula is C14H21BrOS. The molecule has 1 fully saturated rings. The van der Waals surface area contributed by atoms with Crippen molar-refractivity contribution in [2.45, 2.75) is 38.5 Å². The smallest absolute Gasteiger partial charge is 0.0530 e. The van der Waals surface area contributed by atoms with Crippen molar-refractivity contribution in [1.82, 2.24) is 0 Å². The molecule has 1 aromatic heterocycles. The first-order valence-electron chi connectivity index (χ1n) is 6.51. The van der Waals surface area contributed by atoms with Gasteiger partial charge in [0, 0.05) is 22.0 Å². The minimum atomic E-state index is 0.424. The summed E-state index contributed by atoms with van der Waals surface area (Å²) in [6.45, 7) is 1.80. The monoisotopic (exact) mass is 316 g/mol. The largest absolute Gasteiger partial charge is 0.380 e. The second-order valence-electron chi connectivity index (χ2n) is 5.08. The maximum atomic E-state index is 5.92. The van der Waals surface area contributed by atoms with Crippen LogP contribution >= 0.6 is 27.3 Å². The molecule has 1 heterocycles. The zero-order valence-corrected chi connectivity index (χ0v) is 12.7. The first-order valence-corrected chi connectivity index (χ1v) is 8.51. The number of hydrogen-bond acceptors (Lipinski definition) is 2. The topological polar surface area (TPSA) is 9.23 Å². The quantitative estimate of drug-likeness (QED) is 0.548. The Kier molecular flexibility index (Phi) is 5.51. The van der Waals surface area contributed by atoms with Crippen molar-refractivity contribution in [3.05, 3.63) is 22.4 Å². The van der Waals surface area contributed by atoms with Crippen LogP contribution in [0.4, 0.5) is 0 Å². The maximum Gasteiger partial charge on any atom is 0.0530 e. The fourth-order valence-electron chi connectivity index (χ4n) is 2.53. The predicted molar refractivity (Wildman–Crippen MR) is 78.2 cm³/mol. The maximum absolute atomic E-state index is 5.92. The average molecular weight is 317 g/mol. The average Bonchev–Trinajstić information content (AvgIpc) is 2.89. The van der Waals surface area contributed by atoms with E-state index in [4.69, 9.17) is 4.74 Å². The van der Waals surface area contributed by atoms with Crippen LogP contribution in [0.5, 0.6) is 0 Å². The van der Waals surface area contributed by atoms with E-state index in [0.717, 1.165) is 25.0 Å². The molecule has 0 unspecified atom stereocenters. The van der Waals surface area contributed by atoms with E-state index in [0.29, 0.717) is 5.41 Å². The molecule has 17 heavy (non-hydrogen) atoms. The van der Waals surface area contributed by atoms with Crippen molar-refractivity contribution < 1.29 is 4.74 Å². The summed E-state index contributed by atoms with van der Waals surface area (Å²) in [7, 11) is 0. The van der Waals surface area contributed by atoms with Crippen LogP contribution in [0, 0.1) is 5.41 Å². The molecule has 2 rings (SSSR count). The van der Waals surface area contributed by atoms with Crippen LogP contribution in [-0.4, -0.2) is 18.5 Å². The van der Waals surface area contributed by atoms with Crippen molar-refractivity contribution in [2.24, 2.45) is 5.41 Å². The Hall–Kier alpha value is 0.140. The van der Waals surface area contributed by atoms with Gasteiger partial charge in [0.15, 0.2) is 0 Å². The van der Waals surface area contributed by atoms with Crippen molar-refractivity contribution in [1.29, 1.82) is 0 Å². The van der Waals surface area contributed by atoms with Crippen molar-refractivity contribution in [3.8, 4) is 0 Å². The Balaban J connectivity index is 1.69. The molecule has 0 amide bonds. The highest BCUT2D eigenvalue weighted by Gasteiger charge is 2.31. The zero-order valence-electron chi connectivity index (χ0n) is 10.3. The summed E-state index contributed by atoms with van der Waals surface area (Å²) in [5.74, 6) is 0. The molecular weight excluding hydrogens is 296 g/mol. The Bertz CT molecular complexity index is 304. The molecule has 1 aromatic rings. The SMILES string of the molecule is BrCC1(COCCc2cccs2)CCCCC1. The van der Waals surface area contributed by atoms with Gasteiger partial charge in [0.2, 0.25) is 0 Å². The lowest BCUT2D eigenvalue weighted by atomic mass is 9.76.